The van der Waals surface area contributed by atoms with Gasteiger partial charge in [0.2, 0.25) is 0 Å². The molecule has 3 aromatic carbocycles. The van der Waals surface area contributed by atoms with Gasteiger partial charge in [-0.15, -0.1) is 0 Å². The number of fused-ring (bicyclic) bond motifs is 1. The Morgan fingerprint density at radius 3 is 1.93 bits per heavy atom. The minimum atomic E-state index is -0.992. The molecule has 0 saturated heterocycles. The minimum Gasteiger partial charge on any atom is -0.508 e. The van der Waals surface area contributed by atoms with E-state index in [1.165, 1.54) is 24.3 Å². The average Bonchev–Trinajstić information content (AvgIpc) is 2.62. The van der Waals surface area contributed by atoms with Gasteiger partial charge in [-0.1, -0.05) is 6.07 Å². The van der Waals surface area contributed by atoms with E-state index < -0.39 is 23.5 Å². The summed E-state index contributed by atoms with van der Waals surface area (Å²) >= 11 is 0. The normalized spacial score (nSPS) is 18.1. The molecule has 0 aliphatic carbocycles. The molecule has 3 aromatic rings. The quantitative estimate of drug-likeness (QED) is 0.325. The Bertz CT molecular complexity index is 1090. The number of ether oxygens (including phenoxy) is 1. The molecule has 0 bridgehead atoms. The first kappa shape index (κ1) is 18.4. The zero-order chi connectivity index (χ0) is 20.9. The number of aromatic hydroxyl groups is 7. The number of hydrogen-bond acceptors (Lipinski definition) is 8. The molecule has 0 amide bonds. The molecule has 1 heterocycles. The summed E-state index contributed by atoms with van der Waals surface area (Å²) in [6.07, 6.45) is -0.816. The maximum absolute atomic E-state index is 10.4. The maximum Gasteiger partial charge on any atom is 0.157 e. The lowest BCUT2D eigenvalue weighted by atomic mass is 9.81. The summed E-state index contributed by atoms with van der Waals surface area (Å²) in [6, 6.07) is 8.76. The number of hydrogen-bond donors (Lipinski definition) is 7. The molecule has 1 aliphatic rings. The van der Waals surface area contributed by atoms with Crippen molar-refractivity contribution in [2.45, 2.75) is 18.4 Å². The van der Waals surface area contributed by atoms with Gasteiger partial charge in [-0.05, 0) is 24.1 Å². The first-order chi connectivity index (χ1) is 13.7. The van der Waals surface area contributed by atoms with Gasteiger partial charge in [-0.25, -0.2) is 0 Å². The highest BCUT2D eigenvalue weighted by molar-refractivity contribution is 5.56. The van der Waals surface area contributed by atoms with Crippen molar-refractivity contribution in [1.82, 2.24) is 0 Å². The minimum absolute atomic E-state index is 0.00570. The van der Waals surface area contributed by atoms with E-state index in [2.05, 4.69) is 0 Å². The standard InChI is InChI=1S/C21H18O8/c22-10-5-17(27)20(18(28)6-10)21-12(9-1-2-14(24)16(26)3-9)8-13-15(25)4-11(23)7-19(13)29-21/h1-7,12,21-28H,8H2. The predicted molar refractivity (Wildman–Crippen MR) is 101 cm³/mol. The topological polar surface area (TPSA) is 151 Å². The summed E-state index contributed by atoms with van der Waals surface area (Å²) in [5.41, 5.74) is 0.901. The molecule has 29 heavy (non-hydrogen) atoms. The molecule has 1 aliphatic heterocycles. The monoisotopic (exact) mass is 398 g/mol. The molecule has 2 atom stereocenters. The highest BCUT2D eigenvalue weighted by Gasteiger charge is 2.38. The van der Waals surface area contributed by atoms with Crippen LogP contribution in [-0.4, -0.2) is 35.7 Å². The van der Waals surface area contributed by atoms with Crippen molar-refractivity contribution in [1.29, 1.82) is 0 Å². The summed E-state index contributed by atoms with van der Waals surface area (Å²) in [5.74, 6) is -2.68. The summed E-state index contributed by atoms with van der Waals surface area (Å²) in [6.45, 7) is 0. The highest BCUT2D eigenvalue weighted by Crippen LogP contribution is 2.52. The van der Waals surface area contributed by atoms with Crippen molar-refractivity contribution in [3.63, 3.8) is 0 Å². The molecule has 0 radical (unpaired) electrons. The van der Waals surface area contributed by atoms with E-state index >= 15 is 0 Å². The Balaban J connectivity index is 1.91. The molecule has 0 spiro atoms. The summed E-state index contributed by atoms with van der Waals surface area (Å²) in [5, 5.41) is 69.9. The van der Waals surface area contributed by atoms with E-state index in [1.807, 2.05) is 0 Å². The van der Waals surface area contributed by atoms with Crippen LogP contribution in [0.4, 0.5) is 0 Å². The van der Waals surface area contributed by atoms with Gasteiger partial charge in [-0.3, -0.25) is 0 Å². The van der Waals surface area contributed by atoms with Crippen molar-refractivity contribution in [3.05, 3.63) is 59.2 Å². The second kappa shape index (κ2) is 6.59. The molecule has 4 rings (SSSR count). The van der Waals surface area contributed by atoms with Crippen molar-refractivity contribution in [2.24, 2.45) is 0 Å². The van der Waals surface area contributed by atoms with Gasteiger partial charge in [0.1, 0.15) is 40.6 Å². The van der Waals surface area contributed by atoms with Crippen LogP contribution in [0.3, 0.4) is 0 Å². The molecule has 7 N–H and O–H groups in total. The second-order valence-electron chi connectivity index (χ2n) is 6.94. The van der Waals surface area contributed by atoms with E-state index in [1.54, 1.807) is 6.07 Å². The van der Waals surface area contributed by atoms with Crippen molar-refractivity contribution >= 4 is 0 Å². The third kappa shape index (κ3) is 3.14. The maximum atomic E-state index is 10.4. The van der Waals surface area contributed by atoms with Gasteiger partial charge in [0.25, 0.3) is 0 Å². The van der Waals surface area contributed by atoms with E-state index in [9.17, 15) is 35.7 Å². The van der Waals surface area contributed by atoms with E-state index in [-0.39, 0.29) is 46.5 Å². The molecule has 8 heteroatoms. The van der Waals surface area contributed by atoms with Crippen LogP contribution in [0.15, 0.2) is 42.5 Å². The Labute approximate surface area is 164 Å². The van der Waals surface area contributed by atoms with Crippen molar-refractivity contribution in [2.75, 3.05) is 0 Å². The summed E-state index contributed by atoms with van der Waals surface area (Å²) in [7, 11) is 0. The Morgan fingerprint density at radius 2 is 1.28 bits per heavy atom. The largest absolute Gasteiger partial charge is 0.508 e. The third-order valence-corrected chi connectivity index (χ3v) is 5.05. The SMILES string of the molecule is Oc1cc(O)c(C2Oc3cc(O)cc(O)c3CC2c2ccc(O)c(O)c2)c(O)c1. The molecule has 0 aromatic heterocycles. The summed E-state index contributed by atoms with van der Waals surface area (Å²) in [4.78, 5) is 0. The first-order valence-electron chi connectivity index (χ1n) is 8.72. The number of phenolic OH excluding ortho intramolecular Hbond substituents is 7. The fourth-order valence-corrected chi connectivity index (χ4v) is 3.70. The van der Waals surface area contributed by atoms with Crippen LogP contribution in [0.1, 0.15) is 28.7 Å². The first-order valence-corrected chi connectivity index (χ1v) is 8.72. The lowest BCUT2D eigenvalue weighted by Gasteiger charge is -2.35. The zero-order valence-corrected chi connectivity index (χ0v) is 14.9. The van der Waals surface area contributed by atoms with Gasteiger partial charge in [0.15, 0.2) is 11.5 Å². The van der Waals surface area contributed by atoms with Gasteiger partial charge < -0.3 is 40.5 Å². The number of rotatable bonds is 2. The molecule has 0 saturated carbocycles. The fourth-order valence-electron chi connectivity index (χ4n) is 3.70. The molecule has 0 fully saturated rings. The molecule has 2 unspecified atom stereocenters. The van der Waals surface area contributed by atoms with Crippen LogP contribution in [0.25, 0.3) is 0 Å². The Kier molecular flexibility index (Phi) is 4.19. The Morgan fingerprint density at radius 1 is 0.655 bits per heavy atom. The predicted octanol–water partition coefficient (Wildman–Crippen LogP) is 3.09. The van der Waals surface area contributed by atoms with E-state index in [0.29, 0.717) is 11.1 Å². The lowest BCUT2D eigenvalue weighted by molar-refractivity contribution is 0.142. The fraction of sp³-hybridized carbons (Fsp3) is 0.143. The van der Waals surface area contributed by atoms with Crippen LogP contribution < -0.4 is 4.74 Å². The average molecular weight is 398 g/mol. The molecular weight excluding hydrogens is 380 g/mol. The van der Waals surface area contributed by atoms with E-state index in [4.69, 9.17) is 4.74 Å². The van der Waals surface area contributed by atoms with Gasteiger partial charge in [0, 0.05) is 35.7 Å². The Hall–Kier alpha value is -3.94. The van der Waals surface area contributed by atoms with Gasteiger partial charge in [-0.2, -0.15) is 0 Å². The number of benzene rings is 3. The van der Waals surface area contributed by atoms with E-state index in [0.717, 1.165) is 12.1 Å². The van der Waals surface area contributed by atoms with Crippen molar-refractivity contribution in [3.8, 4) is 46.0 Å². The zero-order valence-electron chi connectivity index (χ0n) is 14.9. The molecular formula is C21H18O8. The number of phenols is 7. The highest BCUT2D eigenvalue weighted by atomic mass is 16.5. The van der Waals surface area contributed by atoms with Crippen LogP contribution in [0.5, 0.6) is 46.0 Å². The van der Waals surface area contributed by atoms with Crippen LogP contribution >= 0.6 is 0 Å². The summed E-state index contributed by atoms with van der Waals surface area (Å²) < 4.78 is 5.95. The third-order valence-electron chi connectivity index (χ3n) is 5.05. The van der Waals surface area contributed by atoms with Gasteiger partial charge in [0.05, 0.1) is 5.56 Å². The van der Waals surface area contributed by atoms with Crippen LogP contribution in [0, 0.1) is 0 Å². The lowest BCUT2D eigenvalue weighted by Crippen LogP contribution is -2.24. The van der Waals surface area contributed by atoms with Crippen molar-refractivity contribution < 1.29 is 40.5 Å². The second-order valence-corrected chi connectivity index (χ2v) is 6.94. The van der Waals surface area contributed by atoms with Crippen LogP contribution in [-0.2, 0) is 6.42 Å². The molecule has 8 nitrogen and oxygen atoms in total. The smallest absolute Gasteiger partial charge is 0.157 e. The molecule has 150 valence electrons. The van der Waals surface area contributed by atoms with Gasteiger partial charge >= 0.3 is 0 Å². The van der Waals surface area contributed by atoms with Crippen LogP contribution in [0.2, 0.25) is 0 Å².